The summed E-state index contributed by atoms with van der Waals surface area (Å²) in [6.45, 7) is 0. The highest BCUT2D eigenvalue weighted by atomic mass is 16.5. The molecule has 1 aliphatic rings. The minimum atomic E-state index is -0.00150. The van der Waals surface area contributed by atoms with Gasteiger partial charge in [-0.3, -0.25) is 0 Å². The van der Waals surface area contributed by atoms with E-state index in [-0.39, 0.29) is 6.04 Å². The van der Waals surface area contributed by atoms with Crippen molar-refractivity contribution in [3.63, 3.8) is 0 Å². The molecule has 110 valence electrons. The Hall–Kier alpha value is -2.14. The van der Waals surface area contributed by atoms with Gasteiger partial charge in [0.1, 0.15) is 5.75 Å². The molecule has 21 heavy (non-hydrogen) atoms. The number of benzene rings is 1. The van der Waals surface area contributed by atoms with Crippen LogP contribution in [0.1, 0.15) is 30.1 Å². The van der Waals surface area contributed by atoms with E-state index in [4.69, 9.17) is 9.47 Å². The number of rotatable bonds is 6. The van der Waals surface area contributed by atoms with Gasteiger partial charge in [-0.05, 0) is 43.7 Å². The molecule has 1 fully saturated rings. The van der Waals surface area contributed by atoms with Crippen LogP contribution >= 0.6 is 0 Å². The monoisotopic (exact) mass is 285 g/mol. The van der Waals surface area contributed by atoms with Crippen molar-refractivity contribution in [2.24, 2.45) is 0 Å². The van der Waals surface area contributed by atoms with Crippen LogP contribution < -0.4 is 14.8 Å². The minimum absolute atomic E-state index is 0.00150. The fraction of sp³-hybridized carbons (Fsp3) is 0.375. The van der Waals surface area contributed by atoms with Gasteiger partial charge in [-0.15, -0.1) is 10.2 Å². The highest BCUT2D eigenvalue weighted by Crippen LogP contribution is 2.28. The van der Waals surface area contributed by atoms with E-state index < -0.39 is 0 Å². The lowest BCUT2D eigenvalue weighted by Gasteiger charge is -2.16. The maximum absolute atomic E-state index is 5.76. The van der Waals surface area contributed by atoms with Crippen molar-refractivity contribution in [3.8, 4) is 11.6 Å². The molecular formula is C16H19N3O2. The molecule has 0 aliphatic heterocycles. The second kappa shape index (κ2) is 6.10. The van der Waals surface area contributed by atoms with Crippen molar-refractivity contribution in [1.29, 1.82) is 0 Å². The van der Waals surface area contributed by atoms with Gasteiger partial charge in [0, 0.05) is 6.07 Å². The summed E-state index contributed by atoms with van der Waals surface area (Å²) in [6.07, 6.45) is 2.76. The third-order valence-corrected chi connectivity index (χ3v) is 3.49. The summed E-state index contributed by atoms with van der Waals surface area (Å²) in [4.78, 5) is 0. The second-order valence-electron chi connectivity index (χ2n) is 5.11. The van der Waals surface area contributed by atoms with Gasteiger partial charge in [0.2, 0.25) is 5.88 Å². The fourth-order valence-corrected chi connectivity index (χ4v) is 2.20. The van der Waals surface area contributed by atoms with E-state index in [2.05, 4.69) is 27.6 Å². The maximum atomic E-state index is 5.76. The summed E-state index contributed by atoms with van der Waals surface area (Å²) >= 11 is 0. The number of hydrogen-bond acceptors (Lipinski definition) is 5. The Morgan fingerprint density at radius 3 is 2.38 bits per heavy atom. The van der Waals surface area contributed by atoms with Crippen molar-refractivity contribution in [2.45, 2.75) is 25.0 Å². The van der Waals surface area contributed by atoms with Crippen molar-refractivity contribution >= 4 is 0 Å². The minimum Gasteiger partial charge on any atom is -0.490 e. The molecule has 1 unspecified atom stereocenters. The summed E-state index contributed by atoms with van der Waals surface area (Å²) in [7, 11) is 3.49. The lowest BCUT2D eigenvalue weighted by Crippen LogP contribution is -2.19. The lowest BCUT2D eigenvalue weighted by atomic mass is 10.0. The predicted octanol–water partition coefficient (Wildman–Crippen LogP) is 2.34. The molecule has 2 aromatic rings. The summed E-state index contributed by atoms with van der Waals surface area (Å²) in [6, 6.07) is 11.9. The van der Waals surface area contributed by atoms with Crippen LogP contribution in [-0.4, -0.2) is 30.5 Å². The van der Waals surface area contributed by atoms with Crippen LogP contribution in [0, 0.1) is 0 Å². The van der Waals surface area contributed by atoms with E-state index in [0.29, 0.717) is 12.0 Å². The first-order valence-electron chi connectivity index (χ1n) is 7.11. The van der Waals surface area contributed by atoms with Crippen molar-refractivity contribution < 1.29 is 9.47 Å². The van der Waals surface area contributed by atoms with E-state index in [0.717, 1.165) is 17.0 Å². The van der Waals surface area contributed by atoms with Crippen LogP contribution in [0.4, 0.5) is 0 Å². The molecule has 1 aromatic carbocycles. The van der Waals surface area contributed by atoms with Crippen LogP contribution in [0.5, 0.6) is 11.6 Å². The van der Waals surface area contributed by atoms with Crippen LogP contribution in [0.2, 0.25) is 0 Å². The maximum Gasteiger partial charge on any atom is 0.233 e. The molecule has 0 radical (unpaired) electrons. The van der Waals surface area contributed by atoms with Crippen molar-refractivity contribution in [3.05, 3.63) is 47.7 Å². The predicted molar refractivity (Wildman–Crippen MR) is 79.6 cm³/mol. The van der Waals surface area contributed by atoms with Gasteiger partial charge in [-0.25, -0.2) is 0 Å². The van der Waals surface area contributed by atoms with E-state index in [9.17, 15) is 0 Å². The number of ether oxygens (including phenoxy) is 2. The van der Waals surface area contributed by atoms with Gasteiger partial charge in [0.05, 0.1) is 24.9 Å². The third-order valence-electron chi connectivity index (χ3n) is 3.49. The quantitative estimate of drug-likeness (QED) is 0.883. The number of nitrogens with zero attached hydrogens (tertiary/aromatic N) is 2. The van der Waals surface area contributed by atoms with Gasteiger partial charge in [-0.2, -0.15) is 0 Å². The Labute approximate surface area is 124 Å². The van der Waals surface area contributed by atoms with Crippen LogP contribution in [0.3, 0.4) is 0 Å². The normalized spacial score (nSPS) is 15.5. The zero-order valence-electron chi connectivity index (χ0n) is 12.2. The summed E-state index contributed by atoms with van der Waals surface area (Å²) in [5.41, 5.74) is 1.98. The van der Waals surface area contributed by atoms with Crippen LogP contribution in [-0.2, 0) is 0 Å². The zero-order valence-corrected chi connectivity index (χ0v) is 12.2. The number of hydrogen-bond donors (Lipinski definition) is 1. The number of methoxy groups -OCH3 is 1. The van der Waals surface area contributed by atoms with Crippen LogP contribution in [0.25, 0.3) is 0 Å². The molecule has 5 heteroatoms. The highest BCUT2D eigenvalue weighted by molar-refractivity contribution is 5.33. The highest BCUT2D eigenvalue weighted by Gasteiger charge is 2.23. The zero-order chi connectivity index (χ0) is 14.7. The summed E-state index contributed by atoms with van der Waals surface area (Å²) in [5.74, 6) is 1.44. The SMILES string of the molecule is CNC(c1ccc(OC2CC2)cc1)c1ccc(OC)nn1. The molecule has 1 heterocycles. The summed E-state index contributed by atoms with van der Waals surface area (Å²) in [5, 5.41) is 11.5. The molecule has 3 rings (SSSR count). The standard InChI is InChI=1S/C16H19N3O2/c1-17-16(14-9-10-15(20-2)19-18-14)11-3-5-12(6-4-11)21-13-7-8-13/h3-6,9-10,13,16-17H,7-8H2,1-2H3. The molecular weight excluding hydrogens is 266 g/mol. The van der Waals surface area contributed by atoms with Crippen molar-refractivity contribution in [2.75, 3.05) is 14.2 Å². The first-order chi connectivity index (χ1) is 10.3. The third kappa shape index (κ3) is 3.31. The second-order valence-corrected chi connectivity index (χ2v) is 5.11. The van der Waals surface area contributed by atoms with Gasteiger partial charge in [0.15, 0.2) is 0 Å². The number of aromatic nitrogens is 2. The first kappa shape index (κ1) is 13.8. The Balaban J connectivity index is 1.77. The van der Waals surface area contributed by atoms with E-state index >= 15 is 0 Å². The molecule has 0 spiro atoms. The molecule has 1 saturated carbocycles. The van der Waals surface area contributed by atoms with Gasteiger partial charge in [0.25, 0.3) is 0 Å². The Kier molecular flexibility index (Phi) is 4.01. The molecule has 0 bridgehead atoms. The van der Waals surface area contributed by atoms with Crippen LogP contribution in [0.15, 0.2) is 36.4 Å². The molecule has 1 aromatic heterocycles. The molecule has 1 N–H and O–H groups in total. The van der Waals surface area contributed by atoms with Gasteiger partial charge < -0.3 is 14.8 Å². The van der Waals surface area contributed by atoms with E-state index in [1.54, 1.807) is 7.11 Å². The van der Waals surface area contributed by atoms with Gasteiger partial charge in [-0.1, -0.05) is 12.1 Å². The molecule has 5 nitrogen and oxygen atoms in total. The van der Waals surface area contributed by atoms with E-state index in [1.165, 1.54) is 12.8 Å². The Morgan fingerprint density at radius 1 is 1.10 bits per heavy atom. The first-order valence-corrected chi connectivity index (χ1v) is 7.11. The lowest BCUT2D eigenvalue weighted by molar-refractivity contribution is 0.303. The average molecular weight is 285 g/mol. The average Bonchev–Trinajstić information content (AvgIpc) is 3.34. The molecule has 1 atom stereocenters. The van der Waals surface area contributed by atoms with Gasteiger partial charge >= 0.3 is 0 Å². The topological polar surface area (TPSA) is 56.3 Å². The molecule has 0 saturated heterocycles. The summed E-state index contributed by atoms with van der Waals surface area (Å²) < 4.78 is 10.8. The number of nitrogens with one attached hydrogen (secondary N) is 1. The fourth-order valence-electron chi connectivity index (χ4n) is 2.20. The Bertz CT molecular complexity index is 579. The smallest absolute Gasteiger partial charge is 0.233 e. The van der Waals surface area contributed by atoms with Crippen molar-refractivity contribution in [1.82, 2.24) is 15.5 Å². The molecule has 0 amide bonds. The molecule has 1 aliphatic carbocycles. The Morgan fingerprint density at radius 2 is 1.86 bits per heavy atom. The largest absolute Gasteiger partial charge is 0.490 e. The van der Waals surface area contributed by atoms with E-state index in [1.807, 2.05) is 31.3 Å².